The lowest BCUT2D eigenvalue weighted by molar-refractivity contribution is -0.146. The molecule has 2 aliphatic rings. The van der Waals surface area contributed by atoms with Crippen LogP contribution in [0, 0.1) is 5.92 Å². The van der Waals surface area contributed by atoms with E-state index in [0.29, 0.717) is 49.1 Å². The standard InChI is InChI=1S/C28H35F6N3O4S2/c1-26(2,16-27(29,30)31)37-43(39,40)22-9-8-18(15-20(22)28(32,33)34)23-21(14-17-6-4-3-5-7-17)36-25(42-23)24(38)35-19-10-12-41-13-11-19/h8-9,15,17,19,37H,3-7,10-14,16H2,1-2H3,(H,35,38). The van der Waals surface area contributed by atoms with Crippen molar-refractivity contribution in [2.75, 3.05) is 13.2 Å². The zero-order valence-corrected chi connectivity index (χ0v) is 25.5. The summed E-state index contributed by atoms with van der Waals surface area (Å²) in [6.45, 7) is 2.89. The van der Waals surface area contributed by atoms with Crippen LogP contribution >= 0.6 is 11.3 Å². The fourth-order valence-corrected chi connectivity index (χ4v) is 8.26. The average Bonchev–Trinajstić information content (AvgIpc) is 3.31. The van der Waals surface area contributed by atoms with Gasteiger partial charge in [-0.3, -0.25) is 4.79 Å². The van der Waals surface area contributed by atoms with Crippen molar-refractivity contribution in [3.63, 3.8) is 0 Å². The second kappa shape index (κ2) is 13.0. The van der Waals surface area contributed by atoms with Crippen molar-refractivity contribution in [2.45, 2.75) is 100 Å². The number of amides is 1. The number of rotatable bonds is 9. The number of thiazole rings is 1. The quantitative estimate of drug-likeness (QED) is 0.288. The number of sulfonamides is 1. The molecule has 1 aromatic carbocycles. The van der Waals surface area contributed by atoms with Crippen molar-refractivity contribution in [3.8, 4) is 10.4 Å². The van der Waals surface area contributed by atoms with Gasteiger partial charge in [-0.1, -0.05) is 38.2 Å². The highest BCUT2D eigenvalue weighted by atomic mass is 32.2. The molecule has 2 N–H and O–H groups in total. The van der Waals surface area contributed by atoms with E-state index in [2.05, 4.69) is 10.3 Å². The first-order valence-corrected chi connectivity index (χ1v) is 16.4. The molecule has 1 saturated carbocycles. The van der Waals surface area contributed by atoms with Gasteiger partial charge in [0.2, 0.25) is 10.0 Å². The smallest absolute Gasteiger partial charge is 0.381 e. The Balaban J connectivity index is 1.72. The van der Waals surface area contributed by atoms with Crippen LogP contribution in [0.4, 0.5) is 26.3 Å². The monoisotopic (exact) mass is 655 g/mol. The Kier molecular flexibility index (Phi) is 10.2. The first kappa shape index (κ1) is 33.7. The van der Waals surface area contributed by atoms with Crippen LogP contribution in [0.25, 0.3) is 10.4 Å². The third kappa shape index (κ3) is 9.14. The number of carbonyl (C=O) groups excluding carboxylic acids is 1. The van der Waals surface area contributed by atoms with Crippen LogP contribution < -0.4 is 10.0 Å². The minimum absolute atomic E-state index is 0.0225. The number of alkyl halides is 6. The molecule has 1 aliphatic heterocycles. The van der Waals surface area contributed by atoms with Crippen molar-refractivity contribution in [2.24, 2.45) is 5.92 Å². The highest BCUT2D eigenvalue weighted by molar-refractivity contribution is 7.89. The molecule has 240 valence electrons. The molecule has 2 heterocycles. The van der Waals surface area contributed by atoms with Crippen LogP contribution in [0.1, 0.15) is 86.3 Å². The number of benzene rings is 1. The van der Waals surface area contributed by atoms with Gasteiger partial charge in [-0.25, -0.2) is 18.1 Å². The molecular formula is C28H35F6N3O4S2. The molecule has 2 aromatic rings. The van der Waals surface area contributed by atoms with Crippen LogP contribution in [0.2, 0.25) is 0 Å². The van der Waals surface area contributed by atoms with E-state index in [1.165, 1.54) is 6.07 Å². The number of carbonyl (C=O) groups is 1. The number of hydrogen-bond donors (Lipinski definition) is 2. The highest BCUT2D eigenvalue weighted by Crippen LogP contribution is 2.41. The Hall–Kier alpha value is -2.23. The molecule has 7 nitrogen and oxygen atoms in total. The molecule has 2 fully saturated rings. The van der Waals surface area contributed by atoms with Crippen LogP contribution in [0.15, 0.2) is 23.1 Å². The molecule has 0 radical (unpaired) electrons. The fourth-order valence-electron chi connectivity index (χ4n) is 5.65. The van der Waals surface area contributed by atoms with Gasteiger partial charge >= 0.3 is 12.4 Å². The molecule has 1 saturated heterocycles. The zero-order chi connectivity index (χ0) is 31.6. The largest absolute Gasteiger partial charge is 0.417 e. The molecule has 15 heteroatoms. The van der Waals surface area contributed by atoms with Crippen molar-refractivity contribution < 1.29 is 44.3 Å². The first-order valence-electron chi connectivity index (χ1n) is 14.1. The zero-order valence-electron chi connectivity index (χ0n) is 23.8. The van der Waals surface area contributed by atoms with Gasteiger partial charge in [0.1, 0.15) is 0 Å². The van der Waals surface area contributed by atoms with E-state index in [1.807, 2.05) is 0 Å². The second-order valence-corrected chi connectivity index (χ2v) is 14.5. The molecule has 1 aliphatic carbocycles. The lowest BCUT2D eigenvalue weighted by atomic mass is 9.85. The summed E-state index contributed by atoms with van der Waals surface area (Å²) in [6.07, 6.45) is -4.81. The van der Waals surface area contributed by atoms with Crippen molar-refractivity contribution in [3.05, 3.63) is 34.5 Å². The molecular weight excluding hydrogens is 620 g/mol. The number of hydrogen-bond acceptors (Lipinski definition) is 6. The molecule has 0 bridgehead atoms. The predicted molar refractivity (Wildman–Crippen MR) is 149 cm³/mol. The molecule has 1 amide bonds. The molecule has 43 heavy (non-hydrogen) atoms. The SMILES string of the molecule is CC(C)(CC(F)(F)F)NS(=O)(=O)c1ccc(-c2sc(C(=O)NC3CCOCC3)nc2CC2CCCCC2)cc1C(F)(F)F. The van der Waals surface area contributed by atoms with Gasteiger partial charge in [-0.2, -0.15) is 26.3 Å². The summed E-state index contributed by atoms with van der Waals surface area (Å²) in [7, 11) is -5.02. The van der Waals surface area contributed by atoms with Crippen molar-refractivity contribution in [1.82, 2.24) is 15.0 Å². The van der Waals surface area contributed by atoms with Crippen molar-refractivity contribution in [1.29, 1.82) is 0 Å². The van der Waals surface area contributed by atoms with Gasteiger partial charge in [0.15, 0.2) is 5.01 Å². The lowest BCUT2D eigenvalue weighted by Gasteiger charge is -2.27. The summed E-state index contributed by atoms with van der Waals surface area (Å²) in [6, 6.07) is 2.48. The van der Waals surface area contributed by atoms with Crippen LogP contribution in [0.5, 0.6) is 0 Å². The third-order valence-electron chi connectivity index (χ3n) is 7.54. The maximum Gasteiger partial charge on any atom is 0.417 e. The second-order valence-electron chi connectivity index (χ2n) is 11.9. The van der Waals surface area contributed by atoms with E-state index in [9.17, 15) is 39.6 Å². The number of nitrogens with one attached hydrogen (secondary N) is 2. The number of aromatic nitrogens is 1. The minimum atomic E-state index is -5.15. The normalized spacial score (nSPS) is 18.1. The number of nitrogens with zero attached hydrogens (tertiary/aromatic N) is 1. The van der Waals surface area contributed by atoms with Crippen LogP contribution in [0.3, 0.4) is 0 Å². The highest BCUT2D eigenvalue weighted by Gasteiger charge is 2.42. The summed E-state index contributed by atoms with van der Waals surface area (Å²) >= 11 is 0.935. The van der Waals surface area contributed by atoms with Gasteiger partial charge in [0, 0.05) is 24.8 Å². The van der Waals surface area contributed by atoms with Gasteiger partial charge in [0.25, 0.3) is 5.91 Å². The molecule has 1 aromatic heterocycles. The summed E-state index contributed by atoms with van der Waals surface area (Å²) < 4.78 is 115. The molecule has 0 spiro atoms. The third-order valence-corrected chi connectivity index (χ3v) is 10.4. The van der Waals surface area contributed by atoms with Crippen LogP contribution in [-0.2, 0) is 27.4 Å². The molecule has 0 unspecified atom stereocenters. The predicted octanol–water partition coefficient (Wildman–Crippen LogP) is 6.87. The summed E-state index contributed by atoms with van der Waals surface area (Å²) in [5.41, 5.74) is -3.14. The van der Waals surface area contributed by atoms with E-state index < -0.39 is 50.7 Å². The van der Waals surface area contributed by atoms with Crippen molar-refractivity contribution >= 4 is 27.3 Å². The number of halogens is 6. The van der Waals surface area contributed by atoms with Gasteiger partial charge in [-0.15, -0.1) is 11.3 Å². The topological polar surface area (TPSA) is 97.4 Å². The van der Waals surface area contributed by atoms with Crippen LogP contribution in [-0.4, -0.2) is 50.3 Å². The summed E-state index contributed by atoms with van der Waals surface area (Å²) in [4.78, 5) is 16.8. The van der Waals surface area contributed by atoms with E-state index >= 15 is 0 Å². The first-order chi connectivity index (χ1) is 19.9. The van der Waals surface area contributed by atoms with E-state index in [4.69, 9.17) is 4.74 Å². The Labute approximate surface area is 250 Å². The van der Waals surface area contributed by atoms with E-state index in [1.54, 1.807) is 4.72 Å². The van der Waals surface area contributed by atoms with E-state index in [0.717, 1.165) is 63.4 Å². The Morgan fingerprint density at radius 1 is 1.02 bits per heavy atom. The maximum absolute atomic E-state index is 14.3. The lowest BCUT2D eigenvalue weighted by Crippen LogP contribution is -2.46. The fraction of sp³-hybridized carbons (Fsp3) is 0.643. The van der Waals surface area contributed by atoms with Gasteiger partial charge < -0.3 is 10.1 Å². The van der Waals surface area contributed by atoms with Gasteiger partial charge in [0.05, 0.1) is 27.5 Å². The molecule has 4 rings (SSSR count). The molecule has 0 atom stereocenters. The Morgan fingerprint density at radius 2 is 1.67 bits per heavy atom. The Morgan fingerprint density at radius 3 is 2.28 bits per heavy atom. The van der Waals surface area contributed by atoms with Gasteiger partial charge in [-0.05, 0) is 56.7 Å². The van der Waals surface area contributed by atoms with E-state index in [-0.39, 0.29) is 22.5 Å². The maximum atomic E-state index is 14.3. The minimum Gasteiger partial charge on any atom is -0.381 e. The average molecular weight is 656 g/mol. The number of ether oxygens (including phenoxy) is 1. The Bertz CT molecular complexity index is 1390. The summed E-state index contributed by atoms with van der Waals surface area (Å²) in [5.74, 6) is -0.206. The summed E-state index contributed by atoms with van der Waals surface area (Å²) in [5, 5.41) is 3.01.